The molecule has 7 heteroatoms. The Kier molecular flexibility index (Phi) is 4.22. The third kappa shape index (κ3) is 2.84. The molecule has 1 aliphatic rings. The van der Waals surface area contributed by atoms with Crippen LogP contribution in [0.3, 0.4) is 0 Å². The van der Waals surface area contributed by atoms with Crippen LogP contribution in [-0.4, -0.2) is 18.2 Å². The Bertz CT molecular complexity index is 1400. The number of methoxy groups -OCH3 is 1. The second kappa shape index (κ2) is 6.84. The molecule has 0 spiro atoms. The maximum Gasteiger partial charge on any atom is 0.296 e. The van der Waals surface area contributed by atoms with Gasteiger partial charge in [-0.2, -0.15) is 0 Å². The minimum absolute atomic E-state index is 0.0298. The predicted molar refractivity (Wildman–Crippen MR) is 115 cm³/mol. The second-order valence-electron chi connectivity index (χ2n) is 7.75. The molecule has 2 aromatic carbocycles. The Morgan fingerprint density at radius 3 is 2.35 bits per heavy atom. The molecule has 31 heavy (non-hydrogen) atoms. The normalized spacial score (nSPS) is 15.5. The minimum atomic E-state index is -0.694. The molecule has 0 unspecified atom stereocenters. The number of aryl methyl sites for hydroxylation is 3. The Hall–Kier alpha value is -3.87. The monoisotopic (exact) mass is 416 g/mol. The lowest BCUT2D eigenvalue weighted by molar-refractivity contribution is 0.0969. The molecular weight excluding hydrogens is 396 g/mol. The van der Waals surface area contributed by atoms with Crippen LogP contribution in [-0.2, 0) is 0 Å². The molecule has 0 bridgehead atoms. The van der Waals surface area contributed by atoms with Gasteiger partial charge >= 0.3 is 0 Å². The fourth-order valence-electron chi connectivity index (χ4n) is 4.03. The summed E-state index contributed by atoms with van der Waals surface area (Å²) in [4.78, 5) is 28.5. The zero-order valence-corrected chi connectivity index (χ0v) is 17.6. The van der Waals surface area contributed by atoms with Crippen LogP contribution in [0, 0.1) is 20.8 Å². The van der Waals surface area contributed by atoms with Crippen molar-refractivity contribution in [1.82, 2.24) is 5.16 Å². The topological polar surface area (TPSA) is 85.8 Å². The van der Waals surface area contributed by atoms with Gasteiger partial charge in [0.15, 0.2) is 11.2 Å². The highest BCUT2D eigenvalue weighted by Gasteiger charge is 2.44. The number of rotatable bonds is 3. The lowest BCUT2D eigenvalue weighted by atomic mass is 9.97. The third-order valence-corrected chi connectivity index (χ3v) is 5.78. The molecule has 5 rings (SSSR count). The van der Waals surface area contributed by atoms with Gasteiger partial charge < -0.3 is 13.7 Å². The molecule has 0 fully saturated rings. The van der Waals surface area contributed by atoms with Crippen LogP contribution < -0.4 is 15.1 Å². The Balaban J connectivity index is 1.80. The average Bonchev–Trinajstić information content (AvgIpc) is 3.31. The molecule has 0 saturated heterocycles. The van der Waals surface area contributed by atoms with E-state index in [-0.39, 0.29) is 11.2 Å². The predicted octanol–water partition coefficient (Wildman–Crippen LogP) is 4.46. The molecule has 156 valence electrons. The van der Waals surface area contributed by atoms with E-state index in [0.717, 1.165) is 16.7 Å². The number of nitrogens with zero attached hydrogens (tertiary/aromatic N) is 2. The van der Waals surface area contributed by atoms with Crippen molar-refractivity contribution in [2.75, 3.05) is 12.0 Å². The van der Waals surface area contributed by atoms with Crippen molar-refractivity contribution in [2.24, 2.45) is 0 Å². The fourth-order valence-corrected chi connectivity index (χ4v) is 4.03. The number of fused-ring (bicyclic) bond motifs is 2. The summed E-state index contributed by atoms with van der Waals surface area (Å²) in [6.45, 7) is 5.63. The summed E-state index contributed by atoms with van der Waals surface area (Å²) in [7, 11) is 1.58. The molecule has 1 amide bonds. The number of carbonyl (C=O) groups excluding carboxylic acids is 1. The summed E-state index contributed by atoms with van der Waals surface area (Å²) in [6.07, 6.45) is 0. The number of amides is 1. The smallest absolute Gasteiger partial charge is 0.296 e. The number of benzene rings is 2. The van der Waals surface area contributed by atoms with E-state index in [4.69, 9.17) is 13.7 Å². The standard InChI is InChI=1S/C24H20N2O5/c1-12-9-17-18(10-13(12)2)30-23-20(22(17)27)21(15-5-7-16(29-4)8-6-15)26(24(23)28)19-11-14(3)31-25-19/h5-11,21H,1-4H3/t21-/m1/s1. The molecule has 0 radical (unpaired) electrons. The fraction of sp³-hybridized carbons (Fsp3) is 0.208. The first-order valence-corrected chi connectivity index (χ1v) is 9.88. The molecule has 4 aromatic rings. The van der Waals surface area contributed by atoms with E-state index in [1.807, 2.05) is 32.0 Å². The van der Waals surface area contributed by atoms with Gasteiger partial charge in [0.1, 0.15) is 17.1 Å². The first kappa shape index (κ1) is 19.1. The highest BCUT2D eigenvalue weighted by molar-refractivity contribution is 6.10. The molecule has 2 aromatic heterocycles. The van der Waals surface area contributed by atoms with Crippen LogP contribution >= 0.6 is 0 Å². The average molecular weight is 416 g/mol. The number of ether oxygens (including phenoxy) is 1. The second-order valence-corrected chi connectivity index (χ2v) is 7.75. The Labute approximate surface area is 177 Å². The summed E-state index contributed by atoms with van der Waals surface area (Å²) < 4.78 is 16.5. The van der Waals surface area contributed by atoms with Crippen LogP contribution in [0.5, 0.6) is 5.75 Å². The lowest BCUT2D eigenvalue weighted by Crippen LogP contribution is -2.29. The van der Waals surface area contributed by atoms with Crippen molar-refractivity contribution in [2.45, 2.75) is 26.8 Å². The van der Waals surface area contributed by atoms with E-state index in [1.54, 1.807) is 38.3 Å². The summed E-state index contributed by atoms with van der Waals surface area (Å²) in [5, 5.41) is 4.48. The lowest BCUT2D eigenvalue weighted by Gasteiger charge is -2.22. The van der Waals surface area contributed by atoms with Gasteiger partial charge in [0.2, 0.25) is 5.76 Å². The van der Waals surface area contributed by atoms with E-state index >= 15 is 0 Å². The van der Waals surface area contributed by atoms with E-state index in [0.29, 0.717) is 33.9 Å². The van der Waals surface area contributed by atoms with Crippen molar-refractivity contribution in [3.63, 3.8) is 0 Å². The maximum atomic E-state index is 13.6. The molecule has 1 aliphatic heterocycles. The molecule has 1 atom stereocenters. The van der Waals surface area contributed by atoms with Crippen molar-refractivity contribution < 1.29 is 18.5 Å². The van der Waals surface area contributed by atoms with Crippen LogP contribution in [0.2, 0.25) is 0 Å². The summed E-state index contributed by atoms with van der Waals surface area (Å²) in [6, 6.07) is 11.8. The largest absolute Gasteiger partial charge is 0.497 e. The van der Waals surface area contributed by atoms with E-state index in [9.17, 15) is 9.59 Å². The number of aromatic nitrogens is 1. The molecule has 7 nitrogen and oxygen atoms in total. The molecule has 0 aliphatic carbocycles. The van der Waals surface area contributed by atoms with E-state index in [1.165, 1.54) is 4.90 Å². The van der Waals surface area contributed by atoms with Crippen molar-refractivity contribution in [3.05, 3.63) is 86.5 Å². The van der Waals surface area contributed by atoms with Gasteiger partial charge in [0.25, 0.3) is 5.91 Å². The van der Waals surface area contributed by atoms with Gasteiger partial charge in [-0.05, 0) is 61.7 Å². The first-order valence-electron chi connectivity index (χ1n) is 9.88. The molecular formula is C24H20N2O5. The van der Waals surface area contributed by atoms with Crippen LogP contribution in [0.25, 0.3) is 11.0 Å². The SMILES string of the molecule is COc1ccc([C@@H]2c3c(oc4cc(C)c(C)cc4c3=O)C(=O)N2c2cc(C)on2)cc1. The van der Waals surface area contributed by atoms with Gasteiger partial charge in [-0.25, -0.2) is 0 Å². The van der Waals surface area contributed by atoms with Crippen LogP contribution in [0.15, 0.2) is 56.2 Å². The summed E-state index contributed by atoms with van der Waals surface area (Å²) in [5.41, 5.74) is 3.17. The number of hydrogen-bond acceptors (Lipinski definition) is 6. The van der Waals surface area contributed by atoms with Gasteiger partial charge in [-0.1, -0.05) is 17.3 Å². The third-order valence-electron chi connectivity index (χ3n) is 5.78. The van der Waals surface area contributed by atoms with Gasteiger partial charge in [0.05, 0.1) is 24.1 Å². The Morgan fingerprint density at radius 1 is 1.00 bits per heavy atom. The zero-order chi connectivity index (χ0) is 21.9. The van der Waals surface area contributed by atoms with E-state index < -0.39 is 11.9 Å². The van der Waals surface area contributed by atoms with Gasteiger partial charge in [-0.15, -0.1) is 0 Å². The minimum Gasteiger partial charge on any atom is -0.497 e. The highest BCUT2D eigenvalue weighted by atomic mass is 16.5. The number of hydrogen-bond donors (Lipinski definition) is 0. The molecule has 3 heterocycles. The number of anilines is 1. The van der Waals surface area contributed by atoms with Gasteiger partial charge in [-0.3, -0.25) is 14.5 Å². The van der Waals surface area contributed by atoms with Crippen molar-refractivity contribution in [3.8, 4) is 5.75 Å². The Morgan fingerprint density at radius 2 is 1.71 bits per heavy atom. The highest BCUT2D eigenvalue weighted by Crippen LogP contribution is 2.41. The van der Waals surface area contributed by atoms with E-state index in [2.05, 4.69) is 5.16 Å². The zero-order valence-electron chi connectivity index (χ0n) is 17.6. The van der Waals surface area contributed by atoms with Crippen molar-refractivity contribution >= 4 is 22.7 Å². The van der Waals surface area contributed by atoms with Crippen LogP contribution in [0.4, 0.5) is 5.82 Å². The summed E-state index contributed by atoms with van der Waals surface area (Å²) >= 11 is 0. The maximum absolute atomic E-state index is 13.6. The quantitative estimate of drug-likeness (QED) is 0.490. The molecule has 0 saturated carbocycles. The number of carbonyl (C=O) groups is 1. The molecule has 0 N–H and O–H groups in total. The summed E-state index contributed by atoms with van der Waals surface area (Å²) in [5.74, 6) is 1.16. The van der Waals surface area contributed by atoms with Crippen molar-refractivity contribution in [1.29, 1.82) is 0 Å². The van der Waals surface area contributed by atoms with Crippen LogP contribution in [0.1, 0.15) is 44.6 Å². The first-order chi connectivity index (χ1) is 14.9. The van der Waals surface area contributed by atoms with Gasteiger partial charge in [0, 0.05) is 6.07 Å².